The summed E-state index contributed by atoms with van der Waals surface area (Å²) in [6.45, 7) is -0.282. The van der Waals surface area contributed by atoms with Crippen molar-refractivity contribution >= 4 is 17.3 Å². The first-order valence-electron chi connectivity index (χ1n) is 4.73. The number of alkyl halides is 3. The number of hydrogen-bond acceptors (Lipinski definition) is 3. The lowest BCUT2D eigenvalue weighted by molar-refractivity contribution is -0.131. The highest BCUT2D eigenvalue weighted by molar-refractivity contribution is 5.94. The topological polar surface area (TPSA) is 75.3 Å². The quantitative estimate of drug-likeness (QED) is 0.715. The Morgan fingerprint density at radius 3 is 2.53 bits per heavy atom. The average molecular weight is 248 g/mol. The Hall–Kier alpha value is -1.92. The molecule has 0 spiro atoms. The van der Waals surface area contributed by atoms with Crippen molar-refractivity contribution in [2.45, 2.75) is 12.6 Å². The van der Waals surface area contributed by atoms with Gasteiger partial charge in [0.2, 0.25) is 0 Å². The Morgan fingerprint density at radius 2 is 2.06 bits per heavy atom. The first kappa shape index (κ1) is 13.1. The van der Waals surface area contributed by atoms with Crippen LogP contribution in [0.4, 0.5) is 24.5 Å². The number of carbonyl (C=O) groups is 1. The van der Waals surface area contributed by atoms with E-state index in [1.54, 1.807) is 0 Å². The van der Waals surface area contributed by atoms with Crippen LogP contribution in [0.15, 0.2) is 18.2 Å². The summed E-state index contributed by atoms with van der Waals surface area (Å²) in [5.74, 6) is -1.18. The van der Waals surface area contributed by atoms with Gasteiger partial charge in [0.05, 0.1) is 12.0 Å². The predicted octanol–water partition coefficient (Wildman–Crippen LogP) is 2.33. The van der Waals surface area contributed by atoms with Crippen molar-refractivity contribution in [1.29, 1.82) is 0 Å². The van der Waals surface area contributed by atoms with Crippen LogP contribution in [0.3, 0.4) is 0 Å². The molecule has 1 rings (SSSR count). The number of benzene rings is 1. The van der Waals surface area contributed by atoms with Crippen molar-refractivity contribution in [1.82, 2.24) is 0 Å². The third-order valence-electron chi connectivity index (χ3n) is 2.02. The zero-order valence-electron chi connectivity index (χ0n) is 8.71. The summed E-state index contributed by atoms with van der Waals surface area (Å²) in [5.41, 5.74) is 5.73. The average Bonchev–Trinajstić information content (AvgIpc) is 2.15. The molecular weight excluding hydrogens is 237 g/mol. The molecule has 0 fully saturated rings. The van der Waals surface area contributed by atoms with E-state index in [2.05, 4.69) is 5.32 Å². The van der Waals surface area contributed by atoms with Gasteiger partial charge in [-0.1, -0.05) is 0 Å². The highest BCUT2D eigenvalue weighted by Crippen LogP contribution is 2.21. The Morgan fingerprint density at radius 1 is 1.41 bits per heavy atom. The van der Waals surface area contributed by atoms with Crippen molar-refractivity contribution in [2.24, 2.45) is 0 Å². The van der Waals surface area contributed by atoms with Crippen LogP contribution in [0.1, 0.15) is 16.8 Å². The van der Waals surface area contributed by atoms with E-state index in [1.807, 2.05) is 0 Å². The maximum Gasteiger partial charge on any atom is 0.390 e. The minimum Gasteiger partial charge on any atom is -0.478 e. The van der Waals surface area contributed by atoms with Gasteiger partial charge in [-0.3, -0.25) is 0 Å². The SMILES string of the molecule is Nc1cc(NCCC(F)(F)F)ccc1C(=O)O. The van der Waals surface area contributed by atoms with E-state index in [1.165, 1.54) is 18.2 Å². The minimum atomic E-state index is -4.22. The largest absolute Gasteiger partial charge is 0.478 e. The zero-order valence-corrected chi connectivity index (χ0v) is 8.71. The molecule has 0 saturated carbocycles. The Labute approximate surface area is 95.2 Å². The van der Waals surface area contributed by atoms with E-state index in [9.17, 15) is 18.0 Å². The fraction of sp³-hybridized carbons (Fsp3) is 0.300. The molecule has 4 N–H and O–H groups in total. The van der Waals surface area contributed by atoms with E-state index >= 15 is 0 Å². The Balaban J connectivity index is 2.62. The van der Waals surface area contributed by atoms with Gasteiger partial charge in [0.15, 0.2) is 0 Å². The van der Waals surface area contributed by atoms with Crippen LogP contribution in [0, 0.1) is 0 Å². The number of nitrogens with two attached hydrogens (primary N) is 1. The maximum absolute atomic E-state index is 11.9. The normalized spacial score (nSPS) is 11.2. The third-order valence-corrected chi connectivity index (χ3v) is 2.02. The molecule has 0 atom stereocenters. The molecule has 0 heterocycles. The molecule has 1 aromatic rings. The van der Waals surface area contributed by atoms with E-state index in [0.717, 1.165) is 0 Å². The molecule has 0 aliphatic carbocycles. The number of nitrogen functional groups attached to an aromatic ring is 1. The first-order chi connectivity index (χ1) is 7.79. The van der Waals surface area contributed by atoms with Crippen LogP contribution in [0.25, 0.3) is 0 Å². The lowest BCUT2D eigenvalue weighted by Gasteiger charge is -2.10. The van der Waals surface area contributed by atoms with E-state index in [4.69, 9.17) is 10.8 Å². The van der Waals surface area contributed by atoms with Gasteiger partial charge in [0, 0.05) is 17.9 Å². The molecule has 0 aliphatic rings. The van der Waals surface area contributed by atoms with Crippen LogP contribution in [0.5, 0.6) is 0 Å². The number of anilines is 2. The highest BCUT2D eigenvalue weighted by Gasteiger charge is 2.26. The molecule has 0 radical (unpaired) electrons. The van der Waals surface area contributed by atoms with Gasteiger partial charge in [-0.15, -0.1) is 0 Å². The van der Waals surface area contributed by atoms with Crippen LogP contribution in [-0.2, 0) is 0 Å². The number of rotatable bonds is 4. The number of aromatic carboxylic acids is 1. The third kappa shape index (κ3) is 4.21. The van der Waals surface area contributed by atoms with Crippen LogP contribution < -0.4 is 11.1 Å². The molecule has 4 nitrogen and oxygen atoms in total. The molecule has 0 aromatic heterocycles. The summed E-state index contributed by atoms with van der Waals surface area (Å²) in [4.78, 5) is 10.6. The molecule has 0 unspecified atom stereocenters. The second kappa shape index (κ2) is 4.94. The maximum atomic E-state index is 11.9. The second-order valence-electron chi connectivity index (χ2n) is 3.40. The van der Waals surface area contributed by atoms with Crippen LogP contribution in [0.2, 0.25) is 0 Å². The molecule has 0 amide bonds. The van der Waals surface area contributed by atoms with Crippen molar-refractivity contribution in [3.8, 4) is 0 Å². The van der Waals surface area contributed by atoms with Crippen molar-refractivity contribution < 1.29 is 23.1 Å². The minimum absolute atomic E-state index is 0.00880. The van der Waals surface area contributed by atoms with Gasteiger partial charge in [-0.05, 0) is 18.2 Å². The number of carboxylic acid groups (broad SMARTS) is 1. The second-order valence-corrected chi connectivity index (χ2v) is 3.40. The molecule has 0 aliphatic heterocycles. The summed E-state index contributed by atoms with van der Waals surface area (Å²) in [5, 5.41) is 11.2. The van der Waals surface area contributed by atoms with Gasteiger partial charge in [0.25, 0.3) is 0 Å². The van der Waals surface area contributed by atoms with Crippen molar-refractivity contribution in [3.63, 3.8) is 0 Å². The smallest absolute Gasteiger partial charge is 0.390 e. The van der Waals surface area contributed by atoms with Crippen molar-refractivity contribution in [2.75, 3.05) is 17.6 Å². The van der Waals surface area contributed by atoms with Gasteiger partial charge < -0.3 is 16.2 Å². The van der Waals surface area contributed by atoms with E-state index in [-0.39, 0.29) is 17.8 Å². The monoisotopic (exact) mass is 248 g/mol. The number of nitrogens with one attached hydrogen (secondary N) is 1. The summed E-state index contributed by atoms with van der Waals surface area (Å²) < 4.78 is 35.6. The predicted molar refractivity (Wildman–Crippen MR) is 57.0 cm³/mol. The molecule has 94 valence electrons. The lowest BCUT2D eigenvalue weighted by atomic mass is 10.1. The fourth-order valence-electron chi connectivity index (χ4n) is 1.22. The molecule has 7 heteroatoms. The molecule has 0 bridgehead atoms. The fourth-order valence-corrected chi connectivity index (χ4v) is 1.22. The highest BCUT2D eigenvalue weighted by atomic mass is 19.4. The zero-order chi connectivity index (χ0) is 13.1. The molecular formula is C10H11F3N2O2. The standard InChI is InChI=1S/C10H11F3N2O2/c11-10(12,13)3-4-15-6-1-2-7(9(16)17)8(14)5-6/h1-2,5,15H,3-4,14H2,(H,16,17). The van der Waals surface area contributed by atoms with Crippen LogP contribution >= 0.6 is 0 Å². The van der Waals surface area contributed by atoms with Gasteiger partial charge in [-0.25, -0.2) is 4.79 Å². The lowest BCUT2D eigenvalue weighted by Crippen LogP contribution is -2.14. The van der Waals surface area contributed by atoms with E-state index in [0.29, 0.717) is 5.69 Å². The van der Waals surface area contributed by atoms with Gasteiger partial charge in [-0.2, -0.15) is 13.2 Å². The summed E-state index contributed by atoms with van der Waals surface area (Å²) in [7, 11) is 0. The van der Waals surface area contributed by atoms with Crippen LogP contribution in [-0.4, -0.2) is 23.8 Å². The Bertz CT molecular complexity index is 419. The van der Waals surface area contributed by atoms with Crippen molar-refractivity contribution in [3.05, 3.63) is 23.8 Å². The molecule has 1 aromatic carbocycles. The number of carboxylic acids is 1. The molecule has 17 heavy (non-hydrogen) atoms. The summed E-state index contributed by atoms with van der Waals surface area (Å²) in [6.07, 6.45) is -5.19. The first-order valence-corrected chi connectivity index (χ1v) is 4.73. The summed E-state index contributed by atoms with van der Waals surface area (Å²) >= 11 is 0. The summed E-state index contributed by atoms with van der Waals surface area (Å²) in [6, 6.07) is 3.91. The number of hydrogen-bond donors (Lipinski definition) is 3. The molecule has 0 saturated heterocycles. The Kier molecular flexibility index (Phi) is 3.82. The number of halogens is 3. The van der Waals surface area contributed by atoms with Gasteiger partial charge >= 0.3 is 12.1 Å². The van der Waals surface area contributed by atoms with Gasteiger partial charge in [0.1, 0.15) is 0 Å². The van der Waals surface area contributed by atoms with E-state index < -0.39 is 18.6 Å².